The molecular formula is C14H12N4OS. The zero-order chi connectivity index (χ0) is 13.9. The Labute approximate surface area is 119 Å². The molecule has 0 amide bonds. The van der Waals surface area contributed by atoms with Crippen molar-refractivity contribution in [2.75, 3.05) is 0 Å². The normalized spacial score (nSPS) is 11.9. The van der Waals surface area contributed by atoms with E-state index in [0.29, 0.717) is 5.56 Å². The third-order valence-electron chi connectivity index (χ3n) is 2.84. The molecule has 0 unspecified atom stereocenters. The van der Waals surface area contributed by atoms with Gasteiger partial charge >= 0.3 is 0 Å². The summed E-state index contributed by atoms with van der Waals surface area (Å²) in [5, 5.41) is 12.4. The number of amidine groups is 1. The Kier molecular flexibility index (Phi) is 3.30. The van der Waals surface area contributed by atoms with Gasteiger partial charge in [0.1, 0.15) is 0 Å². The van der Waals surface area contributed by atoms with E-state index >= 15 is 0 Å². The van der Waals surface area contributed by atoms with Crippen LogP contribution >= 0.6 is 11.8 Å². The number of fused-ring (bicyclic) bond motifs is 1. The molecule has 0 radical (unpaired) electrons. The van der Waals surface area contributed by atoms with Crippen LogP contribution in [0.5, 0.6) is 0 Å². The van der Waals surface area contributed by atoms with Crippen molar-refractivity contribution in [1.29, 1.82) is 0 Å². The maximum Gasteiger partial charge on any atom is 0.171 e. The van der Waals surface area contributed by atoms with Gasteiger partial charge in [-0.05, 0) is 24.3 Å². The van der Waals surface area contributed by atoms with Crippen LogP contribution in [-0.2, 0) is 0 Å². The standard InChI is InChI=1S/C14H12N4OS/c15-13(18-19)9-5-7-10(8-6-9)20-14-16-11-3-1-2-4-12(11)17-14/h1-8,19H,(H2,15,18)(H,16,17). The van der Waals surface area contributed by atoms with Gasteiger partial charge in [-0.3, -0.25) is 0 Å². The van der Waals surface area contributed by atoms with E-state index < -0.39 is 0 Å². The fourth-order valence-corrected chi connectivity index (χ4v) is 2.64. The van der Waals surface area contributed by atoms with E-state index in [0.717, 1.165) is 21.1 Å². The Morgan fingerprint density at radius 1 is 1.15 bits per heavy atom. The Morgan fingerprint density at radius 3 is 2.60 bits per heavy atom. The average molecular weight is 284 g/mol. The summed E-state index contributed by atoms with van der Waals surface area (Å²) < 4.78 is 0. The minimum atomic E-state index is 0.102. The van der Waals surface area contributed by atoms with Gasteiger partial charge in [-0.2, -0.15) is 0 Å². The van der Waals surface area contributed by atoms with Crippen molar-refractivity contribution in [3.63, 3.8) is 0 Å². The van der Waals surface area contributed by atoms with Gasteiger partial charge in [0.15, 0.2) is 11.0 Å². The van der Waals surface area contributed by atoms with Crippen molar-refractivity contribution in [3.05, 3.63) is 54.1 Å². The maximum absolute atomic E-state index is 8.62. The number of hydrogen-bond acceptors (Lipinski definition) is 4. The maximum atomic E-state index is 8.62. The third-order valence-corrected chi connectivity index (χ3v) is 3.73. The summed E-state index contributed by atoms with van der Waals surface area (Å²) in [6.45, 7) is 0. The largest absolute Gasteiger partial charge is 0.409 e. The van der Waals surface area contributed by atoms with Gasteiger partial charge < -0.3 is 15.9 Å². The molecule has 100 valence electrons. The van der Waals surface area contributed by atoms with Crippen LogP contribution in [0.2, 0.25) is 0 Å². The molecule has 6 heteroatoms. The van der Waals surface area contributed by atoms with Crippen LogP contribution in [0.1, 0.15) is 5.56 Å². The topological polar surface area (TPSA) is 87.3 Å². The molecule has 0 bridgehead atoms. The van der Waals surface area contributed by atoms with Gasteiger partial charge in [0.2, 0.25) is 0 Å². The number of nitrogens with zero attached hydrogens (tertiary/aromatic N) is 2. The molecule has 0 spiro atoms. The van der Waals surface area contributed by atoms with Crippen LogP contribution in [0.3, 0.4) is 0 Å². The van der Waals surface area contributed by atoms with Crippen molar-refractivity contribution in [1.82, 2.24) is 9.97 Å². The predicted octanol–water partition coefficient (Wildman–Crippen LogP) is 2.81. The van der Waals surface area contributed by atoms with E-state index in [2.05, 4.69) is 15.1 Å². The molecule has 0 aliphatic rings. The first-order valence-corrected chi connectivity index (χ1v) is 6.78. The molecule has 0 aliphatic carbocycles. The van der Waals surface area contributed by atoms with Gasteiger partial charge in [-0.15, -0.1) is 0 Å². The summed E-state index contributed by atoms with van der Waals surface area (Å²) in [6.07, 6.45) is 0. The molecule has 0 saturated heterocycles. The first-order chi connectivity index (χ1) is 9.76. The lowest BCUT2D eigenvalue weighted by Gasteiger charge is -2.00. The van der Waals surface area contributed by atoms with Crippen LogP contribution in [0.4, 0.5) is 0 Å². The summed E-state index contributed by atoms with van der Waals surface area (Å²) in [6, 6.07) is 15.3. The number of nitrogens with two attached hydrogens (primary N) is 1. The highest BCUT2D eigenvalue weighted by Gasteiger charge is 2.05. The summed E-state index contributed by atoms with van der Waals surface area (Å²) >= 11 is 1.53. The van der Waals surface area contributed by atoms with Crippen LogP contribution in [0, 0.1) is 0 Å². The lowest BCUT2D eigenvalue weighted by atomic mass is 10.2. The van der Waals surface area contributed by atoms with Gasteiger partial charge in [0.25, 0.3) is 0 Å². The minimum absolute atomic E-state index is 0.102. The number of para-hydroxylation sites is 2. The number of H-pyrrole nitrogens is 1. The van der Waals surface area contributed by atoms with E-state index in [9.17, 15) is 0 Å². The minimum Gasteiger partial charge on any atom is -0.409 e. The molecule has 1 heterocycles. The molecule has 3 aromatic rings. The molecular weight excluding hydrogens is 272 g/mol. The Hall–Kier alpha value is -2.47. The lowest BCUT2D eigenvalue weighted by Crippen LogP contribution is -2.12. The van der Waals surface area contributed by atoms with Crippen molar-refractivity contribution in [3.8, 4) is 0 Å². The van der Waals surface area contributed by atoms with Crippen LogP contribution in [0.25, 0.3) is 11.0 Å². The summed E-state index contributed by atoms with van der Waals surface area (Å²) in [4.78, 5) is 8.78. The second kappa shape index (κ2) is 5.26. The fraction of sp³-hybridized carbons (Fsp3) is 0. The zero-order valence-electron chi connectivity index (χ0n) is 10.4. The second-order valence-electron chi connectivity index (χ2n) is 4.17. The molecule has 0 fully saturated rings. The number of aromatic nitrogens is 2. The molecule has 0 aliphatic heterocycles. The highest BCUT2D eigenvalue weighted by molar-refractivity contribution is 7.99. The zero-order valence-corrected chi connectivity index (χ0v) is 11.3. The summed E-state index contributed by atoms with van der Waals surface area (Å²) in [5.74, 6) is 0.102. The summed E-state index contributed by atoms with van der Waals surface area (Å²) in [7, 11) is 0. The molecule has 1 aromatic heterocycles. The van der Waals surface area contributed by atoms with E-state index in [1.165, 1.54) is 11.8 Å². The molecule has 3 rings (SSSR count). The number of benzene rings is 2. The Bertz CT molecular complexity index is 731. The smallest absolute Gasteiger partial charge is 0.171 e. The number of oxime groups is 1. The first kappa shape index (κ1) is 12.6. The van der Waals surface area contributed by atoms with Gasteiger partial charge in [-0.1, -0.05) is 41.2 Å². The van der Waals surface area contributed by atoms with Crippen molar-refractivity contribution in [2.45, 2.75) is 10.1 Å². The average Bonchev–Trinajstić information content (AvgIpc) is 2.89. The van der Waals surface area contributed by atoms with E-state index in [-0.39, 0.29) is 5.84 Å². The van der Waals surface area contributed by atoms with Crippen LogP contribution < -0.4 is 5.73 Å². The highest BCUT2D eigenvalue weighted by atomic mass is 32.2. The molecule has 0 saturated carbocycles. The fourth-order valence-electron chi connectivity index (χ4n) is 1.84. The van der Waals surface area contributed by atoms with Crippen molar-refractivity contribution < 1.29 is 5.21 Å². The summed E-state index contributed by atoms with van der Waals surface area (Å²) in [5.41, 5.74) is 8.17. The van der Waals surface area contributed by atoms with Crippen molar-refractivity contribution >= 4 is 28.6 Å². The lowest BCUT2D eigenvalue weighted by molar-refractivity contribution is 0.318. The van der Waals surface area contributed by atoms with Gasteiger partial charge in [-0.25, -0.2) is 4.98 Å². The van der Waals surface area contributed by atoms with Gasteiger partial charge in [0, 0.05) is 10.5 Å². The SMILES string of the molecule is N/C(=N\O)c1ccc(Sc2nc3ccccc3[nH]2)cc1. The number of imidazole rings is 1. The van der Waals surface area contributed by atoms with E-state index in [1.807, 2.05) is 36.4 Å². The second-order valence-corrected chi connectivity index (χ2v) is 5.23. The van der Waals surface area contributed by atoms with E-state index in [1.54, 1.807) is 12.1 Å². The number of aromatic amines is 1. The molecule has 0 atom stereocenters. The number of hydrogen-bond donors (Lipinski definition) is 3. The Balaban J connectivity index is 1.83. The number of rotatable bonds is 3. The van der Waals surface area contributed by atoms with Crippen molar-refractivity contribution in [2.24, 2.45) is 10.9 Å². The molecule has 20 heavy (non-hydrogen) atoms. The van der Waals surface area contributed by atoms with Crippen LogP contribution in [-0.4, -0.2) is 21.0 Å². The number of nitrogens with one attached hydrogen (secondary N) is 1. The van der Waals surface area contributed by atoms with Crippen LogP contribution in [0.15, 0.2) is 63.7 Å². The molecule has 2 aromatic carbocycles. The first-order valence-electron chi connectivity index (χ1n) is 5.97. The third kappa shape index (κ3) is 2.46. The monoisotopic (exact) mass is 284 g/mol. The quantitative estimate of drug-likeness (QED) is 0.299. The highest BCUT2D eigenvalue weighted by Crippen LogP contribution is 2.27. The Morgan fingerprint density at radius 2 is 1.90 bits per heavy atom. The molecule has 4 N–H and O–H groups in total. The van der Waals surface area contributed by atoms with E-state index in [4.69, 9.17) is 10.9 Å². The molecule has 5 nitrogen and oxygen atoms in total. The predicted molar refractivity (Wildman–Crippen MR) is 79.2 cm³/mol. The van der Waals surface area contributed by atoms with Gasteiger partial charge in [0.05, 0.1) is 11.0 Å².